The van der Waals surface area contributed by atoms with Crippen LogP contribution in [0, 0.1) is 5.82 Å². The molecule has 1 N–H and O–H groups in total. The van der Waals surface area contributed by atoms with Crippen LogP contribution in [0.3, 0.4) is 0 Å². The first-order valence-corrected chi connectivity index (χ1v) is 9.88. The molecule has 5 nitrogen and oxygen atoms in total. The van der Waals surface area contributed by atoms with Crippen LogP contribution in [0.15, 0.2) is 53.4 Å². The molecule has 0 radical (unpaired) electrons. The first-order valence-electron chi connectivity index (χ1n) is 8.44. The minimum absolute atomic E-state index is 0.0908. The highest BCUT2D eigenvalue weighted by atomic mass is 32.2. The smallest absolute Gasteiger partial charge is 0.242 e. The van der Waals surface area contributed by atoms with E-state index in [4.69, 9.17) is 0 Å². The number of rotatable bonds is 8. The first-order chi connectivity index (χ1) is 12.3. The van der Waals surface area contributed by atoms with Gasteiger partial charge in [-0.2, -0.15) is 0 Å². The van der Waals surface area contributed by atoms with Crippen LogP contribution in [-0.4, -0.2) is 32.2 Å². The third-order valence-electron chi connectivity index (χ3n) is 3.98. The molecular formula is C19H23FN2O3S. The quantitative estimate of drug-likeness (QED) is 0.765. The number of amides is 1. The van der Waals surface area contributed by atoms with Gasteiger partial charge in [-0.15, -0.1) is 0 Å². The van der Waals surface area contributed by atoms with Crippen LogP contribution in [0.2, 0.25) is 0 Å². The summed E-state index contributed by atoms with van der Waals surface area (Å²) in [5.74, 6) is -0.801. The molecule has 0 unspecified atom stereocenters. The lowest BCUT2D eigenvalue weighted by atomic mass is 10.1. The summed E-state index contributed by atoms with van der Waals surface area (Å²) in [7, 11) is -1.99. The molecule has 0 fully saturated rings. The van der Waals surface area contributed by atoms with Gasteiger partial charge in [0.2, 0.25) is 15.9 Å². The standard InChI is InChI=1S/C19H23FN2O3S/c1-3-4-13-22(2)26(24,25)17-11-9-16(10-12-17)21-19(23)14-15-7-5-6-8-18(15)20/h5-12H,3-4,13-14H2,1-2H3,(H,21,23). The van der Waals surface area contributed by atoms with Crippen molar-refractivity contribution in [1.29, 1.82) is 0 Å². The largest absolute Gasteiger partial charge is 0.326 e. The van der Waals surface area contributed by atoms with Gasteiger partial charge >= 0.3 is 0 Å². The number of carbonyl (C=O) groups is 1. The van der Waals surface area contributed by atoms with Gasteiger partial charge in [0.1, 0.15) is 5.82 Å². The Labute approximate surface area is 153 Å². The number of benzene rings is 2. The van der Waals surface area contributed by atoms with Gasteiger partial charge in [0.15, 0.2) is 0 Å². The number of anilines is 1. The maximum absolute atomic E-state index is 13.6. The van der Waals surface area contributed by atoms with Crippen LogP contribution in [-0.2, 0) is 21.2 Å². The van der Waals surface area contributed by atoms with Crippen molar-refractivity contribution in [3.63, 3.8) is 0 Å². The van der Waals surface area contributed by atoms with Gasteiger partial charge < -0.3 is 5.32 Å². The van der Waals surface area contributed by atoms with E-state index < -0.39 is 15.8 Å². The highest BCUT2D eigenvalue weighted by Crippen LogP contribution is 2.18. The summed E-state index contributed by atoms with van der Waals surface area (Å²) in [6.07, 6.45) is 1.61. The summed E-state index contributed by atoms with van der Waals surface area (Å²) >= 11 is 0. The van der Waals surface area contributed by atoms with E-state index in [0.29, 0.717) is 17.8 Å². The second-order valence-electron chi connectivity index (χ2n) is 6.02. The number of nitrogens with one attached hydrogen (secondary N) is 1. The number of hydrogen-bond acceptors (Lipinski definition) is 3. The lowest BCUT2D eigenvalue weighted by Gasteiger charge is -2.17. The van der Waals surface area contributed by atoms with Crippen molar-refractivity contribution in [2.45, 2.75) is 31.1 Å². The Morgan fingerprint density at radius 1 is 1.12 bits per heavy atom. The number of halogens is 1. The minimum Gasteiger partial charge on any atom is -0.326 e. The Balaban J connectivity index is 2.03. The van der Waals surface area contributed by atoms with Crippen molar-refractivity contribution >= 4 is 21.6 Å². The van der Waals surface area contributed by atoms with Crippen LogP contribution in [0.4, 0.5) is 10.1 Å². The fourth-order valence-corrected chi connectivity index (χ4v) is 3.62. The second kappa shape index (κ2) is 8.91. The van der Waals surface area contributed by atoms with Crippen molar-refractivity contribution in [2.75, 3.05) is 18.9 Å². The Bertz CT molecular complexity index is 851. The summed E-state index contributed by atoms with van der Waals surface area (Å²) < 4.78 is 39.8. The Hall–Kier alpha value is -2.25. The van der Waals surface area contributed by atoms with Crippen molar-refractivity contribution < 1.29 is 17.6 Å². The van der Waals surface area contributed by atoms with Crippen molar-refractivity contribution in [3.8, 4) is 0 Å². The molecule has 140 valence electrons. The molecule has 0 aliphatic carbocycles. The summed E-state index contributed by atoms with van der Waals surface area (Å²) in [5.41, 5.74) is 0.767. The van der Waals surface area contributed by atoms with E-state index in [0.717, 1.165) is 12.8 Å². The first kappa shape index (κ1) is 20.1. The van der Waals surface area contributed by atoms with Gasteiger partial charge in [0, 0.05) is 19.3 Å². The average molecular weight is 378 g/mol. The summed E-state index contributed by atoms with van der Waals surface area (Å²) in [6, 6.07) is 12.1. The Morgan fingerprint density at radius 3 is 2.38 bits per heavy atom. The summed E-state index contributed by atoms with van der Waals surface area (Å²) in [4.78, 5) is 12.2. The van der Waals surface area contributed by atoms with Gasteiger partial charge in [-0.25, -0.2) is 17.1 Å². The molecule has 2 aromatic carbocycles. The molecule has 1 amide bonds. The highest BCUT2D eigenvalue weighted by Gasteiger charge is 2.20. The van der Waals surface area contributed by atoms with Gasteiger partial charge in [0.05, 0.1) is 11.3 Å². The van der Waals surface area contributed by atoms with E-state index in [1.807, 2.05) is 6.92 Å². The van der Waals surface area contributed by atoms with Gasteiger partial charge in [-0.3, -0.25) is 4.79 Å². The molecule has 26 heavy (non-hydrogen) atoms. The molecule has 0 atom stereocenters. The van der Waals surface area contributed by atoms with Crippen LogP contribution in [0.25, 0.3) is 0 Å². The molecule has 2 aromatic rings. The van der Waals surface area contributed by atoms with E-state index in [9.17, 15) is 17.6 Å². The zero-order valence-electron chi connectivity index (χ0n) is 14.9. The van der Waals surface area contributed by atoms with Gasteiger partial charge in [-0.1, -0.05) is 31.5 Å². The summed E-state index contributed by atoms with van der Waals surface area (Å²) in [5, 5.41) is 2.65. The molecule has 0 saturated heterocycles. The van der Waals surface area contributed by atoms with Crippen molar-refractivity contribution in [1.82, 2.24) is 4.31 Å². The summed E-state index contributed by atoms with van der Waals surface area (Å²) in [6.45, 7) is 2.46. The van der Waals surface area contributed by atoms with Gasteiger partial charge in [-0.05, 0) is 42.3 Å². The molecule has 0 saturated carbocycles. The Morgan fingerprint density at radius 2 is 1.77 bits per heavy atom. The highest BCUT2D eigenvalue weighted by molar-refractivity contribution is 7.89. The van der Waals surface area contributed by atoms with Crippen LogP contribution >= 0.6 is 0 Å². The van der Waals surface area contributed by atoms with E-state index in [1.54, 1.807) is 25.2 Å². The lowest BCUT2D eigenvalue weighted by Crippen LogP contribution is -2.27. The number of hydrogen-bond donors (Lipinski definition) is 1. The van der Waals surface area contributed by atoms with Gasteiger partial charge in [0.25, 0.3) is 0 Å². The van der Waals surface area contributed by atoms with Crippen LogP contribution in [0.1, 0.15) is 25.3 Å². The zero-order chi connectivity index (χ0) is 19.2. The molecule has 0 heterocycles. The molecule has 0 aromatic heterocycles. The minimum atomic E-state index is -3.54. The molecular weight excluding hydrogens is 355 g/mol. The molecule has 2 rings (SSSR count). The Kier molecular flexibility index (Phi) is 6.88. The molecule has 7 heteroatoms. The van der Waals surface area contributed by atoms with E-state index in [1.165, 1.54) is 34.6 Å². The fourth-order valence-electron chi connectivity index (χ4n) is 2.41. The molecule has 0 aliphatic heterocycles. The molecule has 0 bridgehead atoms. The fraction of sp³-hybridized carbons (Fsp3) is 0.316. The van der Waals surface area contributed by atoms with Crippen LogP contribution in [0.5, 0.6) is 0 Å². The third kappa shape index (κ3) is 5.12. The zero-order valence-corrected chi connectivity index (χ0v) is 15.7. The number of unbranched alkanes of at least 4 members (excludes halogenated alkanes) is 1. The van der Waals surface area contributed by atoms with Crippen molar-refractivity contribution in [3.05, 3.63) is 59.9 Å². The van der Waals surface area contributed by atoms with E-state index in [2.05, 4.69) is 5.32 Å². The maximum Gasteiger partial charge on any atom is 0.242 e. The SMILES string of the molecule is CCCCN(C)S(=O)(=O)c1ccc(NC(=O)Cc2ccccc2F)cc1. The monoisotopic (exact) mass is 378 g/mol. The maximum atomic E-state index is 13.6. The lowest BCUT2D eigenvalue weighted by molar-refractivity contribution is -0.115. The topological polar surface area (TPSA) is 66.5 Å². The predicted molar refractivity (Wildman–Crippen MR) is 99.9 cm³/mol. The molecule has 0 spiro atoms. The number of carbonyl (C=O) groups excluding carboxylic acids is 1. The second-order valence-corrected chi connectivity index (χ2v) is 8.07. The van der Waals surface area contributed by atoms with Crippen molar-refractivity contribution in [2.24, 2.45) is 0 Å². The average Bonchev–Trinajstić information content (AvgIpc) is 2.62. The van der Waals surface area contributed by atoms with Crippen LogP contribution < -0.4 is 5.32 Å². The number of nitrogens with zero attached hydrogens (tertiary/aromatic N) is 1. The number of sulfonamides is 1. The molecule has 0 aliphatic rings. The van der Waals surface area contributed by atoms with E-state index >= 15 is 0 Å². The third-order valence-corrected chi connectivity index (χ3v) is 5.85. The van der Waals surface area contributed by atoms with E-state index in [-0.39, 0.29) is 17.2 Å². The predicted octanol–water partition coefficient (Wildman–Crippen LogP) is 3.43. The normalized spacial score (nSPS) is 11.5.